The molecular weight excluding hydrogens is 548 g/mol. The molecule has 2 aromatic rings. The zero-order valence-electron chi connectivity index (χ0n) is 24.0. The van der Waals surface area contributed by atoms with Crippen LogP contribution >= 0.6 is 0 Å². The van der Waals surface area contributed by atoms with Crippen LogP contribution in [0, 0.1) is 23.7 Å². The molecule has 7 rings (SSSR count). The fourth-order valence-corrected chi connectivity index (χ4v) is 7.43. The predicted molar refractivity (Wildman–Crippen MR) is 145 cm³/mol. The number of amides is 1. The van der Waals surface area contributed by atoms with Crippen LogP contribution in [0.4, 0.5) is 0 Å². The van der Waals surface area contributed by atoms with Crippen molar-refractivity contribution in [3.05, 3.63) is 30.0 Å². The van der Waals surface area contributed by atoms with Gasteiger partial charge >= 0.3 is 11.9 Å². The van der Waals surface area contributed by atoms with Crippen LogP contribution in [0.5, 0.6) is 5.75 Å². The number of fused-ring (bicyclic) bond motifs is 3. The van der Waals surface area contributed by atoms with Crippen LogP contribution in [0.25, 0.3) is 10.9 Å². The number of carboxylic acid groups (broad SMARTS) is 1. The Morgan fingerprint density at radius 1 is 1.14 bits per heavy atom. The number of aliphatic carboxylic acids is 1. The van der Waals surface area contributed by atoms with E-state index in [2.05, 4.69) is 17.2 Å². The molecule has 12 heteroatoms. The van der Waals surface area contributed by atoms with Gasteiger partial charge < -0.3 is 34.7 Å². The van der Waals surface area contributed by atoms with Crippen molar-refractivity contribution >= 4 is 28.7 Å². The minimum absolute atomic E-state index is 0.00273. The number of hydrogen-bond acceptors (Lipinski definition) is 9. The van der Waals surface area contributed by atoms with Gasteiger partial charge in [0.05, 0.1) is 6.42 Å². The molecule has 1 aromatic carbocycles. The van der Waals surface area contributed by atoms with Crippen LogP contribution in [0.2, 0.25) is 0 Å². The van der Waals surface area contributed by atoms with Crippen LogP contribution in [-0.4, -0.2) is 63.1 Å². The van der Waals surface area contributed by atoms with Gasteiger partial charge in [-0.15, -0.1) is 0 Å². The molecule has 1 spiro atoms. The number of esters is 1. The number of ether oxygens (including phenoxy) is 3. The van der Waals surface area contributed by atoms with Crippen molar-refractivity contribution in [3.63, 3.8) is 0 Å². The first-order chi connectivity index (χ1) is 20.0. The number of H-pyrrole nitrogens is 1. The second-order valence-electron chi connectivity index (χ2n) is 12.5. The number of aromatic nitrogens is 1. The van der Waals surface area contributed by atoms with Gasteiger partial charge in [-0.1, -0.05) is 13.8 Å². The Bertz CT molecular complexity index is 1380. The number of carbonyl (C=O) groups is 3. The highest BCUT2D eigenvalue weighted by atomic mass is 17.3. The standard InChI is InChI=1S/C30H38N2O10/c1-15-4-6-21-16(2)27(39-28-30(21)20(15)10-11-29(3,40-28)41-42-30)38-25(35)9-8-24(34)32-23(26(36)37)12-17-14-31-22-7-5-18(33)13-19(17)22/h5,7,13-16,20-21,23,27-28,31,33H,4,6,8-12H2,1-3H3,(H,32,34)(H,36,37)/t15-,16-,20+,21+,23?,27-,28-,29+,30?/m1/s1. The third kappa shape index (κ3) is 5.04. The number of nitrogens with one attached hydrogen (secondary N) is 2. The predicted octanol–water partition coefficient (Wildman–Crippen LogP) is 3.52. The Kier molecular flexibility index (Phi) is 7.45. The van der Waals surface area contributed by atoms with Gasteiger partial charge in [-0.2, -0.15) is 0 Å². The number of aromatic amines is 1. The highest BCUT2D eigenvalue weighted by molar-refractivity contribution is 5.88. The van der Waals surface area contributed by atoms with Crippen LogP contribution < -0.4 is 5.32 Å². The van der Waals surface area contributed by atoms with E-state index in [-0.39, 0.29) is 42.8 Å². The summed E-state index contributed by atoms with van der Waals surface area (Å²) in [5, 5.41) is 22.7. The summed E-state index contributed by atoms with van der Waals surface area (Å²) in [6.07, 6.45) is 2.94. The van der Waals surface area contributed by atoms with E-state index in [1.807, 2.05) is 13.8 Å². The van der Waals surface area contributed by atoms with E-state index < -0.39 is 47.9 Å². The fourth-order valence-electron chi connectivity index (χ4n) is 7.43. The first kappa shape index (κ1) is 28.9. The van der Waals surface area contributed by atoms with Gasteiger partial charge in [-0.25, -0.2) is 14.6 Å². The zero-order chi connectivity index (χ0) is 29.8. The fraction of sp³-hybridized carbons (Fsp3) is 0.633. The normalized spacial score (nSPS) is 36.1. The first-order valence-corrected chi connectivity index (χ1v) is 14.7. The van der Waals surface area contributed by atoms with Crippen molar-refractivity contribution in [2.75, 3.05) is 0 Å². The van der Waals surface area contributed by atoms with E-state index in [4.69, 9.17) is 24.0 Å². The maximum Gasteiger partial charge on any atom is 0.326 e. The van der Waals surface area contributed by atoms with Gasteiger partial charge in [0, 0.05) is 48.2 Å². The summed E-state index contributed by atoms with van der Waals surface area (Å²) >= 11 is 0. The molecule has 228 valence electrons. The molecule has 1 saturated carbocycles. The third-order valence-corrected chi connectivity index (χ3v) is 9.71. The lowest BCUT2D eigenvalue weighted by Crippen LogP contribution is -2.70. The van der Waals surface area contributed by atoms with Crippen molar-refractivity contribution in [3.8, 4) is 5.75 Å². The Balaban J connectivity index is 1.07. The molecule has 42 heavy (non-hydrogen) atoms. The molecule has 1 amide bonds. The molecule has 4 saturated heterocycles. The molecule has 1 aliphatic carbocycles. The topological polar surface area (TPSA) is 166 Å². The number of aromatic hydroxyl groups is 1. The van der Waals surface area contributed by atoms with Gasteiger partial charge in [-0.3, -0.25) is 9.59 Å². The van der Waals surface area contributed by atoms with Crippen LogP contribution in [-0.2, 0) is 44.8 Å². The SMILES string of the molecule is C[C@H]1[C@H](OC(=O)CCC(=O)NC(Cc2c[nH]c3ccc(O)cc23)C(=O)O)O[C@@H]2O[C@]3(C)CC[C@H]4[C@H](C)CC[C@@H]1C24OO3. The number of phenols is 1. The maximum atomic E-state index is 12.9. The lowest BCUT2D eigenvalue weighted by molar-refractivity contribution is -0.576. The smallest absolute Gasteiger partial charge is 0.326 e. The van der Waals surface area contributed by atoms with E-state index in [1.54, 1.807) is 12.3 Å². The third-order valence-electron chi connectivity index (χ3n) is 9.71. The van der Waals surface area contributed by atoms with E-state index in [9.17, 15) is 24.6 Å². The Morgan fingerprint density at radius 3 is 2.74 bits per heavy atom. The molecular formula is C30H38N2O10. The molecule has 4 aliphatic heterocycles. The molecule has 12 nitrogen and oxygen atoms in total. The summed E-state index contributed by atoms with van der Waals surface area (Å²) in [5.41, 5.74) is 0.594. The Labute approximate surface area is 242 Å². The molecule has 0 radical (unpaired) electrons. The van der Waals surface area contributed by atoms with Gasteiger partial charge in [0.25, 0.3) is 0 Å². The Morgan fingerprint density at radius 2 is 1.95 bits per heavy atom. The quantitative estimate of drug-likeness (QED) is 0.266. The van der Waals surface area contributed by atoms with E-state index in [0.717, 1.165) is 24.8 Å². The van der Waals surface area contributed by atoms with Crippen molar-refractivity contribution in [1.29, 1.82) is 0 Å². The molecule has 2 bridgehead atoms. The van der Waals surface area contributed by atoms with Gasteiger partial charge in [-0.05, 0) is 61.8 Å². The summed E-state index contributed by atoms with van der Waals surface area (Å²) in [4.78, 5) is 52.4. The molecule has 4 N–H and O–H groups in total. The van der Waals surface area contributed by atoms with Gasteiger partial charge in [0.15, 0.2) is 11.9 Å². The molecule has 2 unspecified atom stereocenters. The summed E-state index contributed by atoms with van der Waals surface area (Å²) in [5.74, 6) is -2.94. The summed E-state index contributed by atoms with van der Waals surface area (Å²) in [6.45, 7) is 6.01. The van der Waals surface area contributed by atoms with Crippen molar-refractivity contribution in [2.24, 2.45) is 23.7 Å². The number of carbonyl (C=O) groups excluding carboxylic acids is 2. The summed E-state index contributed by atoms with van der Waals surface area (Å²) in [7, 11) is 0. The molecule has 5 heterocycles. The number of carboxylic acids is 1. The van der Waals surface area contributed by atoms with Crippen LogP contribution in [0.3, 0.4) is 0 Å². The van der Waals surface area contributed by atoms with Crippen molar-refractivity contribution in [1.82, 2.24) is 10.3 Å². The largest absolute Gasteiger partial charge is 0.508 e. The van der Waals surface area contributed by atoms with Crippen LogP contribution in [0.15, 0.2) is 24.4 Å². The van der Waals surface area contributed by atoms with E-state index in [0.29, 0.717) is 23.3 Å². The number of rotatable bonds is 8. The molecule has 1 aromatic heterocycles. The monoisotopic (exact) mass is 586 g/mol. The average molecular weight is 587 g/mol. The first-order valence-electron chi connectivity index (χ1n) is 14.7. The lowest BCUT2D eigenvalue weighted by Gasteiger charge is -2.59. The van der Waals surface area contributed by atoms with Gasteiger partial charge in [0.1, 0.15) is 11.8 Å². The Hall–Kier alpha value is -3.19. The van der Waals surface area contributed by atoms with Gasteiger partial charge in [0.2, 0.25) is 18.0 Å². The highest BCUT2D eigenvalue weighted by Gasteiger charge is 2.69. The molecule has 5 fully saturated rings. The minimum Gasteiger partial charge on any atom is -0.508 e. The zero-order valence-corrected chi connectivity index (χ0v) is 24.0. The lowest BCUT2D eigenvalue weighted by atomic mass is 9.58. The summed E-state index contributed by atoms with van der Waals surface area (Å²) < 4.78 is 18.3. The highest BCUT2D eigenvalue weighted by Crippen LogP contribution is 2.60. The summed E-state index contributed by atoms with van der Waals surface area (Å²) in [6, 6.07) is 3.52. The second kappa shape index (κ2) is 10.8. The number of phenolic OH excluding ortho intramolecular Hbond substituents is 1. The van der Waals surface area contributed by atoms with E-state index >= 15 is 0 Å². The number of benzene rings is 1. The molecule has 5 aliphatic rings. The van der Waals surface area contributed by atoms with E-state index in [1.165, 1.54) is 12.1 Å². The maximum absolute atomic E-state index is 12.9. The van der Waals surface area contributed by atoms with Crippen molar-refractivity contribution in [2.45, 2.75) is 95.7 Å². The van der Waals surface area contributed by atoms with Crippen molar-refractivity contribution < 1.29 is 48.6 Å². The number of hydrogen-bond donors (Lipinski definition) is 4. The van der Waals surface area contributed by atoms with Crippen LogP contribution in [0.1, 0.15) is 64.9 Å². The minimum atomic E-state index is -1.22. The molecule has 9 atom stereocenters. The second-order valence-corrected chi connectivity index (χ2v) is 12.5. The average Bonchev–Trinajstić information content (AvgIpc) is 3.19.